The van der Waals surface area contributed by atoms with E-state index >= 15 is 0 Å². The summed E-state index contributed by atoms with van der Waals surface area (Å²) in [7, 11) is 0. The van der Waals surface area contributed by atoms with Crippen LogP contribution in [-0.2, 0) is 6.54 Å². The Hall–Kier alpha value is -2.80. The number of rotatable bonds is 4. The zero-order valence-corrected chi connectivity index (χ0v) is 14.1. The molecule has 2 heterocycles. The van der Waals surface area contributed by atoms with Crippen molar-refractivity contribution in [1.29, 1.82) is 0 Å². The fourth-order valence-corrected chi connectivity index (χ4v) is 2.76. The molecule has 0 aliphatic heterocycles. The van der Waals surface area contributed by atoms with E-state index in [2.05, 4.69) is 36.3 Å². The predicted molar refractivity (Wildman–Crippen MR) is 92.0 cm³/mol. The molecule has 2 aromatic carbocycles. The van der Waals surface area contributed by atoms with Crippen LogP contribution >= 0.6 is 15.9 Å². The van der Waals surface area contributed by atoms with Gasteiger partial charge < -0.3 is 4.42 Å². The summed E-state index contributed by atoms with van der Waals surface area (Å²) in [5, 5.41) is 12.5. The number of hydrogen-bond acceptors (Lipinski definition) is 5. The summed E-state index contributed by atoms with van der Waals surface area (Å²) in [6.07, 6.45) is 1.70. The van der Waals surface area contributed by atoms with Crippen molar-refractivity contribution in [2.24, 2.45) is 0 Å². The van der Waals surface area contributed by atoms with E-state index in [9.17, 15) is 0 Å². The summed E-state index contributed by atoms with van der Waals surface area (Å²) >= 11 is 3.49. The number of hydrogen-bond donors (Lipinski definition) is 0. The van der Waals surface area contributed by atoms with Gasteiger partial charge >= 0.3 is 0 Å². The molecule has 0 unspecified atom stereocenters. The van der Waals surface area contributed by atoms with Crippen LogP contribution in [0, 0.1) is 0 Å². The van der Waals surface area contributed by atoms with Crippen LogP contribution in [-0.4, -0.2) is 25.2 Å². The first-order chi connectivity index (χ1) is 11.8. The van der Waals surface area contributed by atoms with Crippen molar-refractivity contribution in [3.8, 4) is 22.7 Å². The smallest absolute Gasteiger partial charge is 0.218 e. The van der Waals surface area contributed by atoms with E-state index < -0.39 is 0 Å². The number of tetrazole rings is 1. The topological polar surface area (TPSA) is 69.6 Å². The van der Waals surface area contributed by atoms with Gasteiger partial charge in [0.05, 0.1) is 6.20 Å². The fourth-order valence-electron chi connectivity index (χ4n) is 2.30. The van der Waals surface area contributed by atoms with Crippen LogP contribution in [0.25, 0.3) is 22.7 Å². The highest BCUT2D eigenvalue weighted by Crippen LogP contribution is 2.24. The zero-order chi connectivity index (χ0) is 16.4. The second-order valence-corrected chi connectivity index (χ2v) is 5.96. The third kappa shape index (κ3) is 2.98. The Bertz CT molecular complexity index is 964. The van der Waals surface area contributed by atoms with Gasteiger partial charge in [0.2, 0.25) is 11.7 Å². The second-order valence-electron chi connectivity index (χ2n) is 5.11. The molecule has 0 amide bonds. The molecule has 7 heteroatoms. The summed E-state index contributed by atoms with van der Waals surface area (Å²) in [4.78, 5) is 5.75. The van der Waals surface area contributed by atoms with Gasteiger partial charge in [0.15, 0.2) is 5.76 Å². The third-order valence-corrected chi connectivity index (χ3v) is 4.15. The molecule has 0 spiro atoms. The molecule has 118 valence electrons. The number of nitrogens with zero attached hydrogens (tertiary/aromatic N) is 5. The summed E-state index contributed by atoms with van der Waals surface area (Å²) in [6.45, 7) is 0.324. The number of aromatic nitrogens is 5. The van der Waals surface area contributed by atoms with Crippen LogP contribution < -0.4 is 0 Å². The highest BCUT2D eigenvalue weighted by atomic mass is 79.9. The largest absolute Gasteiger partial charge is 0.439 e. The van der Waals surface area contributed by atoms with Gasteiger partial charge in [-0.15, -0.1) is 10.2 Å². The average molecular weight is 382 g/mol. The van der Waals surface area contributed by atoms with Gasteiger partial charge in [0.1, 0.15) is 6.54 Å². The number of halogens is 1. The van der Waals surface area contributed by atoms with E-state index in [0.29, 0.717) is 18.3 Å². The Balaban J connectivity index is 1.55. The van der Waals surface area contributed by atoms with Crippen molar-refractivity contribution < 1.29 is 4.42 Å². The molecule has 0 radical (unpaired) electrons. The van der Waals surface area contributed by atoms with Crippen LogP contribution in [0.5, 0.6) is 0 Å². The van der Waals surface area contributed by atoms with Crippen molar-refractivity contribution in [3.63, 3.8) is 0 Å². The Labute approximate surface area is 146 Å². The molecule has 0 N–H and O–H groups in total. The number of oxazole rings is 1. The minimum atomic E-state index is 0.324. The lowest BCUT2D eigenvalue weighted by Crippen LogP contribution is -2.04. The van der Waals surface area contributed by atoms with Crippen molar-refractivity contribution in [1.82, 2.24) is 25.2 Å². The Morgan fingerprint density at radius 3 is 2.62 bits per heavy atom. The van der Waals surface area contributed by atoms with Crippen LogP contribution in [0.3, 0.4) is 0 Å². The van der Waals surface area contributed by atoms with E-state index in [0.717, 1.165) is 21.4 Å². The minimum absolute atomic E-state index is 0.324. The lowest BCUT2D eigenvalue weighted by atomic mass is 10.2. The molecule has 0 saturated carbocycles. The summed E-state index contributed by atoms with van der Waals surface area (Å²) < 4.78 is 6.69. The van der Waals surface area contributed by atoms with Gasteiger partial charge in [0, 0.05) is 15.6 Å². The maximum absolute atomic E-state index is 5.76. The first kappa shape index (κ1) is 14.8. The highest BCUT2D eigenvalue weighted by Gasteiger charge is 2.12. The molecule has 0 atom stereocenters. The molecule has 0 bridgehead atoms. The van der Waals surface area contributed by atoms with Crippen molar-refractivity contribution in [3.05, 3.63) is 71.2 Å². The van der Waals surface area contributed by atoms with Crippen LogP contribution in [0.2, 0.25) is 0 Å². The number of benzene rings is 2. The lowest BCUT2D eigenvalue weighted by Gasteiger charge is -1.97. The van der Waals surface area contributed by atoms with E-state index in [4.69, 9.17) is 4.42 Å². The summed E-state index contributed by atoms with van der Waals surface area (Å²) in [5.74, 6) is 1.80. The van der Waals surface area contributed by atoms with Crippen LogP contribution in [0.15, 0.2) is 69.7 Å². The molecule has 4 rings (SSSR count). The summed E-state index contributed by atoms with van der Waals surface area (Å²) in [6, 6.07) is 17.6. The first-order valence-electron chi connectivity index (χ1n) is 7.32. The second kappa shape index (κ2) is 6.37. The lowest BCUT2D eigenvalue weighted by molar-refractivity contribution is 0.446. The molecule has 24 heavy (non-hydrogen) atoms. The Morgan fingerprint density at radius 2 is 1.79 bits per heavy atom. The third-order valence-electron chi connectivity index (χ3n) is 3.46. The van der Waals surface area contributed by atoms with E-state index in [1.54, 1.807) is 6.20 Å². The molecule has 0 aliphatic rings. The monoisotopic (exact) mass is 381 g/mol. The van der Waals surface area contributed by atoms with E-state index in [-0.39, 0.29) is 0 Å². The van der Waals surface area contributed by atoms with Gasteiger partial charge in [-0.25, -0.2) is 4.98 Å². The van der Waals surface area contributed by atoms with Gasteiger partial charge in [-0.3, -0.25) is 0 Å². The van der Waals surface area contributed by atoms with Gasteiger partial charge in [-0.05, 0) is 17.3 Å². The molecule has 0 fully saturated rings. The van der Waals surface area contributed by atoms with Crippen LogP contribution in [0.1, 0.15) is 5.89 Å². The molecule has 0 saturated heterocycles. The minimum Gasteiger partial charge on any atom is -0.439 e. The average Bonchev–Trinajstić information content (AvgIpc) is 3.26. The maximum Gasteiger partial charge on any atom is 0.218 e. The predicted octanol–water partition coefficient (Wildman–Crippen LogP) is 3.81. The zero-order valence-electron chi connectivity index (χ0n) is 12.5. The highest BCUT2D eigenvalue weighted by molar-refractivity contribution is 9.10. The standard InChI is InChI=1S/C17H12BrN5O/c18-14-9-5-4-8-13(14)17-20-22-23(21-17)11-16-19-10-15(24-16)12-6-2-1-3-7-12/h1-10H,11H2. The molecular weight excluding hydrogens is 370 g/mol. The van der Waals surface area contributed by atoms with Gasteiger partial charge in [-0.1, -0.05) is 58.4 Å². The fraction of sp³-hybridized carbons (Fsp3) is 0.0588. The molecular formula is C17H12BrN5O. The molecule has 4 aromatic rings. The van der Waals surface area contributed by atoms with Gasteiger partial charge in [-0.2, -0.15) is 4.80 Å². The van der Waals surface area contributed by atoms with Gasteiger partial charge in [0.25, 0.3) is 0 Å². The molecule has 2 aromatic heterocycles. The summed E-state index contributed by atoms with van der Waals surface area (Å²) in [5.41, 5.74) is 1.87. The Kier molecular flexibility index (Phi) is 3.92. The van der Waals surface area contributed by atoms with Crippen molar-refractivity contribution >= 4 is 15.9 Å². The first-order valence-corrected chi connectivity index (χ1v) is 8.12. The molecule has 6 nitrogen and oxygen atoms in total. The SMILES string of the molecule is Brc1ccccc1-c1nnn(Cc2ncc(-c3ccccc3)o2)n1. The normalized spacial score (nSPS) is 10.9. The van der Waals surface area contributed by atoms with E-state index in [1.165, 1.54) is 4.80 Å². The quantitative estimate of drug-likeness (QED) is 0.537. The Morgan fingerprint density at radius 1 is 1.00 bits per heavy atom. The van der Waals surface area contributed by atoms with Crippen molar-refractivity contribution in [2.75, 3.05) is 0 Å². The maximum atomic E-state index is 5.76. The van der Waals surface area contributed by atoms with E-state index in [1.807, 2.05) is 54.6 Å². The van der Waals surface area contributed by atoms with Crippen molar-refractivity contribution in [2.45, 2.75) is 6.54 Å². The molecule has 0 aliphatic carbocycles. The van der Waals surface area contributed by atoms with Crippen LogP contribution in [0.4, 0.5) is 0 Å².